The van der Waals surface area contributed by atoms with Crippen LogP contribution < -0.4 is 0 Å². The van der Waals surface area contributed by atoms with Crippen LogP contribution in [0.1, 0.15) is 33.6 Å². The molecule has 2 aliphatic rings. The first kappa shape index (κ1) is 16.5. The number of likely N-dealkylation sites (tertiary alicyclic amines) is 1. The third kappa shape index (κ3) is 3.65. The van der Waals surface area contributed by atoms with Crippen molar-refractivity contribution in [2.45, 2.75) is 45.0 Å². The fraction of sp³-hybridized carbons (Fsp3) is 0.923. The quantitative estimate of drug-likeness (QED) is 0.698. The van der Waals surface area contributed by atoms with E-state index >= 15 is 0 Å². The predicted octanol–water partition coefficient (Wildman–Crippen LogP) is 3.25. The summed E-state index contributed by atoms with van der Waals surface area (Å²) in [5.74, 6) is -1.44. The Labute approximate surface area is 123 Å². The normalized spacial score (nSPS) is 26.2. The molecule has 0 aromatic carbocycles. The summed E-state index contributed by atoms with van der Waals surface area (Å²) in [7, 11) is 0. The highest BCUT2D eigenvalue weighted by Crippen LogP contribution is 2.53. The Morgan fingerprint density at radius 1 is 1.29 bits per heavy atom. The van der Waals surface area contributed by atoms with Crippen LogP contribution in [0.3, 0.4) is 0 Å². The molecule has 122 valence electrons. The summed E-state index contributed by atoms with van der Waals surface area (Å²) < 4.78 is 50.6. The average molecular weight is 308 g/mol. The summed E-state index contributed by atoms with van der Waals surface area (Å²) in [6, 6.07) is 0. The van der Waals surface area contributed by atoms with Gasteiger partial charge in [0.15, 0.2) is 0 Å². The molecule has 0 N–H and O–H groups in total. The maximum atomic E-state index is 13.4. The van der Waals surface area contributed by atoms with Crippen molar-refractivity contribution in [1.82, 2.24) is 4.90 Å². The van der Waals surface area contributed by atoms with Gasteiger partial charge in [-0.15, -0.1) is 0 Å². The number of halogens is 3. The molecule has 8 heteroatoms. The molecule has 2 fully saturated rings. The monoisotopic (exact) mass is 308 g/mol. The van der Waals surface area contributed by atoms with Gasteiger partial charge in [0.05, 0.1) is 0 Å². The molecule has 0 saturated carbocycles. The highest BCUT2D eigenvalue weighted by molar-refractivity contribution is 6.60. The van der Waals surface area contributed by atoms with Gasteiger partial charge < -0.3 is 27.3 Å². The lowest BCUT2D eigenvalue weighted by atomic mass is 9.56. The Balaban J connectivity index is 2.16. The van der Waals surface area contributed by atoms with E-state index in [1.165, 1.54) is 4.90 Å². The molecule has 1 unspecified atom stereocenters. The number of amides is 1. The molecule has 2 rings (SSSR count). The van der Waals surface area contributed by atoms with Crippen LogP contribution in [0, 0.1) is 5.41 Å². The highest BCUT2D eigenvalue weighted by Gasteiger charge is 2.56. The van der Waals surface area contributed by atoms with Crippen LogP contribution in [0.15, 0.2) is 0 Å². The summed E-state index contributed by atoms with van der Waals surface area (Å²) in [6.45, 7) is 0.581. The maximum Gasteiger partial charge on any atom is 0.483 e. The Morgan fingerprint density at radius 2 is 1.86 bits per heavy atom. The molecule has 4 nitrogen and oxygen atoms in total. The molecule has 2 aliphatic heterocycles. The van der Waals surface area contributed by atoms with Crippen LogP contribution >= 0.6 is 0 Å². The van der Waals surface area contributed by atoms with Crippen LogP contribution in [-0.4, -0.2) is 49.9 Å². The van der Waals surface area contributed by atoms with Crippen LogP contribution in [0.4, 0.5) is 17.7 Å². The second-order valence-electron chi connectivity index (χ2n) is 7.07. The van der Waals surface area contributed by atoms with Gasteiger partial charge in [0.2, 0.25) is 0 Å². The van der Waals surface area contributed by atoms with E-state index in [0.29, 0.717) is 26.1 Å². The maximum absolute atomic E-state index is 13.4. The predicted molar refractivity (Wildman–Crippen MR) is 73.1 cm³/mol. The van der Waals surface area contributed by atoms with Gasteiger partial charge in [-0.25, -0.2) is 4.79 Å². The van der Waals surface area contributed by atoms with Crippen molar-refractivity contribution >= 4 is 13.1 Å². The zero-order valence-electron chi connectivity index (χ0n) is 12.7. The Hall–Kier alpha value is -0.915. The first-order chi connectivity index (χ1) is 9.54. The fourth-order valence-electron chi connectivity index (χ4n) is 3.29. The van der Waals surface area contributed by atoms with E-state index in [4.69, 9.17) is 9.47 Å². The van der Waals surface area contributed by atoms with Crippen molar-refractivity contribution in [1.29, 1.82) is 0 Å². The van der Waals surface area contributed by atoms with Gasteiger partial charge in [-0.1, -0.05) is 0 Å². The van der Waals surface area contributed by atoms with Crippen molar-refractivity contribution in [3.8, 4) is 0 Å². The molecule has 0 bridgehead atoms. The third-order valence-corrected chi connectivity index (χ3v) is 4.31. The molecule has 0 aromatic heterocycles. The molecular formula is C13H22BF3NO3-. The number of rotatable bonds is 1. The van der Waals surface area contributed by atoms with E-state index < -0.39 is 29.9 Å². The number of carbonyl (C=O) groups excluding carboxylic acids is 1. The summed E-state index contributed by atoms with van der Waals surface area (Å²) in [5, 5.41) is 0. The second kappa shape index (κ2) is 5.37. The number of carbonyl (C=O) groups is 1. The van der Waals surface area contributed by atoms with Gasteiger partial charge in [-0.2, -0.15) is 0 Å². The molecule has 2 heterocycles. The summed E-state index contributed by atoms with van der Waals surface area (Å²) in [5.41, 5.74) is -1.60. The summed E-state index contributed by atoms with van der Waals surface area (Å²) in [4.78, 5) is 13.3. The van der Waals surface area contributed by atoms with Gasteiger partial charge in [0, 0.05) is 26.3 Å². The van der Waals surface area contributed by atoms with E-state index in [2.05, 4.69) is 0 Å². The van der Waals surface area contributed by atoms with Crippen molar-refractivity contribution in [3.05, 3.63) is 0 Å². The van der Waals surface area contributed by atoms with Crippen molar-refractivity contribution in [2.24, 2.45) is 5.41 Å². The fourth-order valence-corrected chi connectivity index (χ4v) is 3.29. The number of nitrogens with zero attached hydrogens (tertiary/aromatic N) is 1. The van der Waals surface area contributed by atoms with Gasteiger partial charge >= 0.3 is 13.1 Å². The molecule has 1 amide bonds. The number of ether oxygens (including phenoxy) is 2. The lowest BCUT2D eigenvalue weighted by molar-refractivity contribution is 0.00640. The SMILES string of the molecule is CC(C)(C)OC(=O)N1CC([B-](F)(F)F)C2(CCOCC2)C1. The first-order valence-electron chi connectivity index (χ1n) is 7.29. The smallest absolute Gasteiger partial charge is 0.449 e. The van der Waals surface area contributed by atoms with E-state index in [0.717, 1.165) is 0 Å². The lowest BCUT2D eigenvalue weighted by Gasteiger charge is -2.42. The van der Waals surface area contributed by atoms with E-state index in [-0.39, 0.29) is 13.1 Å². The molecule has 2 saturated heterocycles. The number of hydrogen-bond donors (Lipinski definition) is 0. The minimum atomic E-state index is -5.00. The molecule has 1 spiro atoms. The van der Waals surface area contributed by atoms with Gasteiger partial charge in [0.25, 0.3) is 0 Å². The minimum Gasteiger partial charge on any atom is -0.449 e. The summed E-state index contributed by atoms with van der Waals surface area (Å²) >= 11 is 0. The Bertz CT molecular complexity index is 402. The first-order valence-corrected chi connectivity index (χ1v) is 7.29. The Kier molecular flexibility index (Phi) is 4.21. The summed E-state index contributed by atoms with van der Waals surface area (Å²) in [6.07, 6.45) is 0.0344. The molecule has 0 aromatic rings. The zero-order chi connectivity index (χ0) is 15.9. The highest BCUT2D eigenvalue weighted by atomic mass is 19.4. The lowest BCUT2D eigenvalue weighted by Crippen LogP contribution is -2.42. The Morgan fingerprint density at radius 3 is 2.33 bits per heavy atom. The van der Waals surface area contributed by atoms with E-state index in [1.807, 2.05) is 0 Å². The molecular weight excluding hydrogens is 286 g/mol. The van der Waals surface area contributed by atoms with Crippen LogP contribution in [0.2, 0.25) is 5.82 Å². The van der Waals surface area contributed by atoms with Crippen molar-refractivity contribution < 1.29 is 27.2 Å². The van der Waals surface area contributed by atoms with Gasteiger partial charge in [0.1, 0.15) is 5.60 Å². The molecule has 21 heavy (non-hydrogen) atoms. The van der Waals surface area contributed by atoms with Crippen molar-refractivity contribution in [3.63, 3.8) is 0 Å². The molecule has 0 radical (unpaired) electrons. The molecule has 0 aliphatic carbocycles. The molecule has 1 atom stereocenters. The topological polar surface area (TPSA) is 38.8 Å². The average Bonchev–Trinajstić information content (AvgIpc) is 2.67. The minimum absolute atomic E-state index is 0.108. The standard InChI is InChI=1S/C13H22BF3NO3/c1-12(2,3)21-11(19)18-8-10(14(15,16)17)13(9-18)4-6-20-7-5-13/h10H,4-9H2,1-3H3/q-1. The van der Waals surface area contributed by atoms with E-state index in [9.17, 15) is 17.7 Å². The zero-order valence-corrected chi connectivity index (χ0v) is 12.7. The third-order valence-electron chi connectivity index (χ3n) is 4.31. The van der Waals surface area contributed by atoms with Gasteiger partial charge in [-0.3, -0.25) is 0 Å². The van der Waals surface area contributed by atoms with Crippen LogP contribution in [0.25, 0.3) is 0 Å². The van der Waals surface area contributed by atoms with Crippen LogP contribution in [-0.2, 0) is 9.47 Å². The van der Waals surface area contributed by atoms with Gasteiger partial charge in [-0.05, 0) is 44.8 Å². The second-order valence-corrected chi connectivity index (χ2v) is 7.07. The van der Waals surface area contributed by atoms with Crippen LogP contribution in [0.5, 0.6) is 0 Å². The van der Waals surface area contributed by atoms with Crippen molar-refractivity contribution in [2.75, 3.05) is 26.3 Å². The number of hydrogen-bond acceptors (Lipinski definition) is 3. The van der Waals surface area contributed by atoms with E-state index in [1.54, 1.807) is 20.8 Å². The largest absolute Gasteiger partial charge is 0.483 e.